The van der Waals surface area contributed by atoms with Crippen molar-refractivity contribution in [2.24, 2.45) is 0 Å². The Kier molecular flexibility index (Phi) is 5.47. The lowest BCUT2D eigenvalue weighted by Gasteiger charge is -2.42. The van der Waals surface area contributed by atoms with Crippen LogP contribution in [0.4, 0.5) is 5.00 Å². The van der Waals surface area contributed by atoms with Gasteiger partial charge in [-0.2, -0.15) is 10.2 Å². The molecule has 11 heteroatoms. The van der Waals surface area contributed by atoms with Gasteiger partial charge in [-0.1, -0.05) is 25.2 Å². The summed E-state index contributed by atoms with van der Waals surface area (Å²) >= 11 is 1.72. The summed E-state index contributed by atoms with van der Waals surface area (Å²) in [6.45, 7) is 10.3. The molecule has 0 aromatic carbocycles. The summed E-state index contributed by atoms with van der Waals surface area (Å²) in [6, 6.07) is 2.57. The highest BCUT2D eigenvalue weighted by Crippen LogP contribution is 2.39. The molecule has 0 saturated carbocycles. The van der Waals surface area contributed by atoms with Crippen LogP contribution in [0.25, 0.3) is 27.6 Å². The van der Waals surface area contributed by atoms with Crippen LogP contribution in [0, 0.1) is 0 Å². The molecule has 1 N–H and O–H groups in total. The molecule has 0 atom stereocenters. The van der Waals surface area contributed by atoms with Gasteiger partial charge < -0.3 is 14.4 Å². The highest BCUT2D eigenvalue weighted by molar-refractivity contribution is 7.18. The molecular weight excluding hydrogens is 452 g/mol. The Labute approximate surface area is 201 Å². The molecule has 0 amide bonds. The SMILES string of the molecule is COc1cc(-c2n[nH]c(-c3ncc(N4CCN(C5COC5)CC4)s3)c2C(C)C)cn2ncnc12. The van der Waals surface area contributed by atoms with E-state index >= 15 is 0 Å². The van der Waals surface area contributed by atoms with Gasteiger partial charge in [0.2, 0.25) is 0 Å². The first-order valence-electron chi connectivity index (χ1n) is 11.6. The Bertz CT molecular complexity index is 1300. The highest BCUT2D eigenvalue weighted by Gasteiger charge is 2.30. The number of aromatic amines is 1. The molecule has 2 fully saturated rings. The standard InChI is InChI=1S/C23H28N8O2S/c1-14(2)19-20(15-8-17(32-3)22-25-13-26-31(22)10-15)27-28-21(19)23-24-9-18(34-23)30-6-4-29(5-7-30)16-11-33-12-16/h8-10,13-14,16H,4-7,11-12H2,1-3H3,(H,27,28). The minimum atomic E-state index is 0.252. The molecule has 0 spiro atoms. The van der Waals surface area contributed by atoms with Gasteiger partial charge in [-0.15, -0.1) is 0 Å². The summed E-state index contributed by atoms with van der Waals surface area (Å²) in [5, 5.41) is 14.4. The maximum Gasteiger partial charge on any atom is 0.197 e. The maximum atomic E-state index is 5.56. The molecule has 6 heterocycles. The number of nitrogens with one attached hydrogen (secondary N) is 1. The molecule has 0 radical (unpaired) electrons. The maximum absolute atomic E-state index is 5.56. The molecular formula is C23H28N8O2S. The summed E-state index contributed by atoms with van der Waals surface area (Å²) in [6.07, 6.45) is 5.46. The third-order valence-electron chi connectivity index (χ3n) is 6.69. The first-order valence-corrected chi connectivity index (χ1v) is 12.4. The van der Waals surface area contributed by atoms with Crippen molar-refractivity contribution in [3.63, 3.8) is 0 Å². The number of piperazine rings is 1. The average Bonchev–Trinajstić information content (AvgIpc) is 3.56. The third kappa shape index (κ3) is 3.64. The fourth-order valence-corrected chi connectivity index (χ4v) is 5.72. The van der Waals surface area contributed by atoms with E-state index in [0.717, 1.165) is 66.9 Å². The van der Waals surface area contributed by atoms with Crippen LogP contribution in [0.15, 0.2) is 24.8 Å². The zero-order valence-electron chi connectivity index (χ0n) is 19.6. The number of ether oxygens (including phenoxy) is 2. The van der Waals surface area contributed by atoms with Crippen LogP contribution in [-0.2, 0) is 4.74 Å². The molecule has 178 valence electrons. The van der Waals surface area contributed by atoms with Gasteiger partial charge in [-0.3, -0.25) is 10.00 Å². The van der Waals surface area contributed by atoms with Gasteiger partial charge in [0.15, 0.2) is 11.4 Å². The van der Waals surface area contributed by atoms with Crippen LogP contribution in [-0.4, -0.2) is 87.2 Å². The third-order valence-corrected chi connectivity index (χ3v) is 7.76. The fourth-order valence-electron chi connectivity index (χ4n) is 4.74. The van der Waals surface area contributed by atoms with Gasteiger partial charge in [0.25, 0.3) is 0 Å². The first kappa shape index (κ1) is 21.5. The van der Waals surface area contributed by atoms with Gasteiger partial charge in [0, 0.05) is 43.5 Å². The van der Waals surface area contributed by atoms with Gasteiger partial charge in [0.05, 0.1) is 44.0 Å². The van der Waals surface area contributed by atoms with Gasteiger partial charge in [-0.05, 0) is 12.0 Å². The van der Waals surface area contributed by atoms with Crippen LogP contribution in [0.3, 0.4) is 0 Å². The molecule has 4 aromatic rings. The normalized spacial score (nSPS) is 17.6. The van der Waals surface area contributed by atoms with Crippen LogP contribution in [0.2, 0.25) is 0 Å². The highest BCUT2D eigenvalue weighted by atomic mass is 32.1. The number of hydrogen-bond donors (Lipinski definition) is 1. The van der Waals surface area contributed by atoms with Gasteiger partial charge in [0.1, 0.15) is 16.3 Å². The van der Waals surface area contributed by atoms with Crippen LogP contribution >= 0.6 is 11.3 Å². The first-order chi connectivity index (χ1) is 16.6. The van der Waals surface area contributed by atoms with Crippen molar-refractivity contribution in [3.8, 4) is 27.7 Å². The van der Waals surface area contributed by atoms with E-state index in [0.29, 0.717) is 17.4 Å². The number of fused-ring (bicyclic) bond motifs is 1. The zero-order chi connectivity index (χ0) is 23.2. The molecule has 0 unspecified atom stereocenters. The second-order valence-corrected chi connectivity index (χ2v) is 10.1. The largest absolute Gasteiger partial charge is 0.493 e. The molecule has 2 aliphatic rings. The summed E-state index contributed by atoms with van der Waals surface area (Å²) in [4.78, 5) is 14.0. The van der Waals surface area contributed by atoms with Crippen molar-refractivity contribution in [2.75, 3.05) is 51.4 Å². The second kappa shape index (κ2) is 8.64. The molecule has 2 aliphatic heterocycles. The Morgan fingerprint density at radius 3 is 2.71 bits per heavy atom. The lowest BCUT2D eigenvalue weighted by molar-refractivity contribution is -0.0660. The molecule has 10 nitrogen and oxygen atoms in total. The number of methoxy groups -OCH3 is 1. The van der Waals surface area contributed by atoms with Crippen LogP contribution in [0.5, 0.6) is 5.75 Å². The predicted molar refractivity (Wildman–Crippen MR) is 131 cm³/mol. The van der Waals surface area contributed by atoms with Gasteiger partial charge >= 0.3 is 0 Å². The number of H-pyrrole nitrogens is 1. The van der Waals surface area contributed by atoms with E-state index in [1.807, 2.05) is 18.5 Å². The number of thiazole rings is 1. The molecule has 34 heavy (non-hydrogen) atoms. The molecule has 0 bridgehead atoms. The number of nitrogens with zero attached hydrogens (tertiary/aromatic N) is 7. The summed E-state index contributed by atoms with van der Waals surface area (Å²) in [5.41, 5.74) is 4.60. The van der Waals surface area contributed by atoms with E-state index in [2.05, 4.69) is 38.8 Å². The number of anilines is 1. The second-order valence-electron chi connectivity index (χ2n) is 9.06. The zero-order valence-corrected chi connectivity index (χ0v) is 20.4. The monoisotopic (exact) mass is 480 g/mol. The van der Waals surface area contributed by atoms with Crippen molar-refractivity contribution in [3.05, 3.63) is 30.4 Å². The fraction of sp³-hybridized carbons (Fsp3) is 0.478. The van der Waals surface area contributed by atoms with E-state index in [-0.39, 0.29) is 5.92 Å². The minimum Gasteiger partial charge on any atom is -0.493 e. The van der Waals surface area contributed by atoms with E-state index in [1.165, 1.54) is 11.3 Å². The van der Waals surface area contributed by atoms with Crippen molar-refractivity contribution < 1.29 is 9.47 Å². The summed E-state index contributed by atoms with van der Waals surface area (Å²) in [7, 11) is 1.64. The number of hydrogen-bond acceptors (Lipinski definition) is 9. The molecule has 6 rings (SSSR count). The lowest BCUT2D eigenvalue weighted by Crippen LogP contribution is -2.56. The van der Waals surface area contributed by atoms with Crippen LogP contribution < -0.4 is 9.64 Å². The van der Waals surface area contributed by atoms with E-state index in [1.54, 1.807) is 23.0 Å². The number of aromatic nitrogens is 6. The van der Waals surface area contributed by atoms with Gasteiger partial charge in [-0.25, -0.2) is 14.5 Å². The summed E-state index contributed by atoms with van der Waals surface area (Å²) < 4.78 is 12.6. The van der Waals surface area contributed by atoms with Crippen LogP contribution in [0.1, 0.15) is 25.3 Å². The summed E-state index contributed by atoms with van der Waals surface area (Å²) in [5.74, 6) is 0.917. The van der Waals surface area contributed by atoms with E-state index in [4.69, 9.17) is 19.6 Å². The molecule has 0 aliphatic carbocycles. The molecule has 4 aromatic heterocycles. The van der Waals surface area contributed by atoms with Crippen molar-refractivity contribution in [2.45, 2.75) is 25.8 Å². The minimum absolute atomic E-state index is 0.252. The van der Waals surface area contributed by atoms with Crippen molar-refractivity contribution in [1.82, 2.24) is 34.7 Å². The Balaban J connectivity index is 1.29. The predicted octanol–water partition coefficient (Wildman–Crippen LogP) is 2.90. The Morgan fingerprint density at radius 2 is 2.00 bits per heavy atom. The van der Waals surface area contributed by atoms with Crippen molar-refractivity contribution >= 4 is 22.0 Å². The number of rotatable bonds is 6. The lowest BCUT2D eigenvalue weighted by atomic mass is 9.97. The van der Waals surface area contributed by atoms with Crippen molar-refractivity contribution in [1.29, 1.82) is 0 Å². The topological polar surface area (TPSA) is 96.7 Å². The molecule has 2 saturated heterocycles. The number of pyridine rings is 1. The van der Waals surface area contributed by atoms with E-state index < -0.39 is 0 Å². The smallest absolute Gasteiger partial charge is 0.197 e. The average molecular weight is 481 g/mol. The Hall–Kier alpha value is -3.02. The van der Waals surface area contributed by atoms with E-state index in [9.17, 15) is 0 Å². The Morgan fingerprint density at radius 1 is 1.18 bits per heavy atom. The quantitative estimate of drug-likeness (QED) is 0.450.